The molecule has 4 nitrogen and oxygen atoms in total. The van der Waals surface area contributed by atoms with Crippen LogP contribution in [0.2, 0.25) is 0 Å². The molecule has 0 radical (unpaired) electrons. The highest BCUT2D eigenvalue weighted by Gasteiger charge is 2.48. The molecule has 2 aliphatic rings. The minimum atomic E-state index is -0.864. The monoisotopic (exact) mass is 315 g/mol. The third kappa shape index (κ3) is 3.26. The molecule has 23 heavy (non-hydrogen) atoms. The molecule has 2 fully saturated rings. The third-order valence-electron chi connectivity index (χ3n) is 5.21. The summed E-state index contributed by atoms with van der Waals surface area (Å²) < 4.78 is 0. The molecule has 0 aromatic heterocycles. The van der Waals surface area contributed by atoms with Crippen LogP contribution < -0.4 is 0 Å². The first-order chi connectivity index (χ1) is 11.0. The minimum absolute atomic E-state index is 0.0279. The zero-order chi connectivity index (χ0) is 16.6. The molecule has 3 rings (SSSR count). The Morgan fingerprint density at radius 2 is 1.87 bits per heavy atom. The number of hydrogen-bond donors (Lipinski definition) is 1. The van der Waals surface area contributed by atoms with Crippen LogP contribution in [0.5, 0.6) is 0 Å². The molecule has 1 aliphatic heterocycles. The van der Waals surface area contributed by atoms with E-state index >= 15 is 0 Å². The van der Waals surface area contributed by atoms with Gasteiger partial charge in [-0.2, -0.15) is 0 Å². The van der Waals surface area contributed by atoms with Crippen LogP contribution in [0.1, 0.15) is 62.5 Å². The Kier molecular flexibility index (Phi) is 4.42. The fourth-order valence-corrected chi connectivity index (χ4v) is 3.63. The van der Waals surface area contributed by atoms with Gasteiger partial charge in [0.05, 0.1) is 0 Å². The number of benzene rings is 1. The van der Waals surface area contributed by atoms with Gasteiger partial charge in [0.25, 0.3) is 0 Å². The Labute approximate surface area is 137 Å². The number of amides is 1. The van der Waals surface area contributed by atoms with E-state index in [9.17, 15) is 14.7 Å². The summed E-state index contributed by atoms with van der Waals surface area (Å²) in [6.45, 7) is 4.92. The summed E-state index contributed by atoms with van der Waals surface area (Å²) in [7, 11) is 0. The Morgan fingerprint density at radius 1 is 1.17 bits per heavy atom. The molecular formula is C19H25NO3. The summed E-state index contributed by atoms with van der Waals surface area (Å²) in [6.07, 6.45) is 3.24. The second-order valence-corrected chi connectivity index (χ2v) is 7.15. The molecule has 1 heterocycles. The number of carboxylic acid groups (broad SMARTS) is 1. The standard InChI is InChI=1S/C19H25NO3/c1-12(2)13-6-8-14(9-7-13)15-11-16(15)18(21)20-10-4-3-5-17(20)19(22)23/h6-9,12,15-17H,3-5,10-11H2,1-2H3,(H,22,23). The molecule has 0 spiro atoms. The summed E-state index contributed by atoms with van der Waals surface area (Å²) in [6, 6.07) is 7.90. The van der Waals surface area contributed by atoms with Crippen LogP contribution in [0.4, 0.5) is 0 Å². The van der Waals surface area contributed by atoms with E-state index < -0.39 is 12.0 Å². The predicted octanol–water partition coefficient (Wildman–Crippen LogP) is 3.38. The maximum Gasteiger partial charge on any atom is 0.326 e. The molecule has 1 saturated carbocycles. The number of likely N-dealkylation sites (tertiary alicyclic amines) is 1. The van der Waals surface area contributed by atoms with Crippen LogP contribution in [0.3, 0.4) is 0 Å². The van der Waals surface area contributed by atoms with Gasteiger partial charge in [0.15, 0.2) is 0 Å². The van der Waals surface area contributed by atoms with Crippen molar-refractivity contribution in [3.63, 3.8) is 0 Å². The number of hydrogen-bond acceptors (Lipinski definition) is 2. The van der Waals surface area contributed by atoms with Crippen molar-refractivity contribution in [3.8, 4) is 0 Å². The molecule has 1 aromatic carbocycles. The van der Waals surface area contributed by atoms with E-state index in [0.29, 0.717) is 18.9 Å². The molecule has 4 heteroatoms. The van der Waals surface area contributed by atoms with Crippen molar-refractivity contribution in [1.82, 2.24) is 4.90 Å². The van der Waals surface area contributed by atoms with Gasteiger partial charge in [-0.3, -0.25) is 4.79 Å². The zero-order valence-corrected chi connectivity index (χ0v) is 13.9. The third-order valence-corrected chi connectivity index (χ3v) is 5.21. The van der Waals surface area contributed by atoms with Gasteiger partial charge in [-0.15, -0.1) is 0 Å². The molecule has 3 unspecified atom stereocenters. The first-order valence-corrected chi connectivity index (χ1v) is 8.62. The average molecular weight is 315 g/mol. The zero-order valence-electron chi connectivity index (χ0n) is 13.9. The lowest BCUT2D eigenvalue weighted by Crippen LogP contribution is -2.48. The van der Waals surface area contributed by atoms with Crippen LogP contribution in [0, 0.1) is 5.92 Å². The van der Waals surface area contributed by atoms with Crippen LogP contribution in [0.15, 0.2) is 24.3 Å². The quantitative estimate of drug-likeness (QED) is 0.926. The van der Waals surface area contributed by atoms with E-state index in [0.717, 1.165) is 19.3 Å². The first kappa shape index (κ1) is 16.0. The molecule has 1 aromatic rings. The Hall–Kier alpha value is -1.84. The summed E-state index contributed by atoms with van der Waals surface area (Å²) in [5.41, 5.74) is 2.51. The van der Waals surface area contributed by atoms with Crippen LogP contribution >= 0.6 is 0 Å². The molecule has 1 amide bonds. The van der Waals surface area contributed by atoms with Crippen molar-refractivity contribution in [2.75, 3.05) is 6.54 Å². The Bertz CT molecular complexity index is 593. The van der Waals surface area contributed by atoms with Crippen LogP contribution in [-0.2, 0) is 9.59 Å². The normalized spacial score (nSPS) is 27.1. The molecule has 1 saturated heterocycles. The van der Waals surface area contributed by atoms with Crippen LogP contribution in [-0.4, -0.2) is 34.5 Å². The number of carboxylic acids is 1. The SMILES string of the molecule is CC(C)c1ccc(C2CC2C(=O)N2CCCCC2C(=O)O)cc1. The van der Waals surface area contributed by atoms with Gasteiger partial charge in [0, 0.05) is 12.5 Å². The van der Waals surface area contributed by atoms with Crippen molar-refractivity contribution >= 4 is 11.9 Å². The van der Waals surface area contributed by atoms with Gasteiger partial charge < -0.3 is 10.0 Å². The fourth-order valence-electron chi connectivity index (χ4n) is 3.63. The maximum absolute atomic E-state index is 12.7. The van der Waals surface area contributed by atoms with E-state index in [2.05, 4.69) is 38.1 Å². The second-order valence-electron chi connectivity index (χ2n) is 7.15. The molecule has 3 atom stereocenters. The summed E-state index contributed by atoms with van der Waals surface area (Å²) in [5, 5.41) is 9.33. The number of rotatable bonds is 4. The highest BCUT2D eigenvalue weighted by Crippen LogP contribution is 2.49. The van der Waals surface area contributed by atoms with E-state index in [1.54, 1.807) is 4.90 Å². The minimum Gasteiger partial charge on any atom is -0.480 e. The summed E-state index contributed by atoms with van der Waals surface area (Å²) in [5.74, 6) is -0.0862. The predicted molar refractivity (Wildman–Crippen MR) is 88.4 cm³/mol. The number of carbonyl (C=O) groups excluding carboxylic acids is 1. The fraction of sp³-hybridized carbons (Fsp3) is 0.579. The van der Waals surface area contributed by atoms with Crippen LogP contribution in [0.25, 0.3) is 0 Å². The molecule has 0 bridgehead atoms. The lowest BCUT2D eigenvalue weighted by atomic mass is 9.99. The van der Waals surface area contributed by atoms with Crippen molar-refractivity contribution in [1.29, 1.82) is 0 Å². The smallest absolute Gasteiger partial charge is 0.326 e. The molecular weight excluding hydrogens is 290 g/mol. The molecule has 1 aliphatic carbocycles. The first-order valence-electron chi connectivity index (χ1n) is 8.62. The number of nitrogens with zero attached hydrogens (tertiary/aromatic N) is 1. The Morgan fingerprint density at radius 3 is 2.48 bits per heavy atom. The number of aliphatic carboxylic acids is 1. The molecule has 124 valence electrons. The topological polar surface area (TPSA) is 57.6 Å². The van der Waals surface area contributed by atoms with Gasteiger partial charge in [-0.05, 0) is 48.6 Å². The van der Waals surface area contributed by atoms with E-state index in [-0.39, 0.29) is 17.7 Å². The highest BCUT2D eigenvalue weighted by atomic mass is 16.4. The van der Waals surface area contributed by atoms with Crippen molar-refractivity contribution < 1.29 is 14.7 Å². The lowest BCUT2D eigenvalue weighted by Gasteiger charge is -2.33. The van der Waals surface area contributed by atoms with Gasteiger partial charge in [0.2, 0.25) is 5.91 Å². The average Bonchev–Trinajstić information content (AvgIpc) is 3.35. The largest absolute Gasteiger partial charge is 0.480 e. The van der Waals surface area contributed by atoms with Crippen molar-refractivity contribution in [3.05, 3.63) is 35.4 Å². The Balaban J connectivity index is 1.67. The second kappa shape index (κ2) is 6.34. The number of piperidine rings is 1. The van der Waals surface area contributed by atoms with Crippen molar-refractivity contribution in [2.24, 2.45) is 5.92 Å². The van der Waals surface area contributed by atoms with Gasteiger partial charge >= 0.3 is 5.97 Å². The lowest BCUT2D eigenvalue weighted by molar-refractivity contribution is -0.152. The maximum atomic E-state index is 12.7. The van der Waals surface area contributed by atoms with Gasteiger partial charge in [-0.25, -0.2) is 4.79 Å². The summed E-state index contributed by atoms with van der Waals surface area (Å²) in [4.78, 5) is 25.7. The van der Waals surface area contributed by atoms with E-state index in [4.69, 9.17) is 0 Å². The van der Waals surface area contributed by atoms with Gasteiger partial charge in [0.1, 0.15) is 6.04 Å². The number of carbonyl (C=O) groups is 2. The van der Waals surface area contributed by atoms with Crippen molar-refractivity contribution in [2.45, 2.75) is 57.4 Å². The van der Waals surface area contributed by atoms with E-state index in [1.165, 1.54) is 11.1 Å². The highest BCUT2D eigenvalue weighted by molar-refractivity contribution is 5.87. The molecule has 1 N–H and O–H groups in total. The van der Waals surface area contributed by atoms with Gasteiger partial charge in [-0.1, -0.05) is 38.1 Å². The summed E-state index contributed by atoms with van der Waals surface area (Å²) >= 11 is 0. The van der Waals surface area contributed by atoms with E-state index in [1.807, 2.05) is 0 Å².